The number of fused-ring (bicyclic) bond motifs is 5. The molecular formula is C23H25ClN4OS. The molecule has 1 unspecified atom stereocenters. The number of carbonyl (C=O) groups excluding carboxylic acids is 1. The molecule has 30 heavy (non-hydrogen) atoms. The van der Waals surface area contributed by atoms with E-state index in [2.05, 4.69) is 36.3 Å². The van der Waals surface area contributed by atoms with Gasteiger partial charge in [-0.2, -0.15) is 10.2 Å². The predicted molar refractivity (Wildman–Crippen MR) is 126 cm³/mol. The minimum Gasteiger partial charge on any atom is -0.359 e. The summed E-state index contributed by atoms with van der Waals surface area (Å²) in [6, 6.07) is 7.43. The number of nitrogens with zero attached hydrogens (tertiary/aromatic N) is 3. The van der Waals surface area contributed by atoms with Crippen molar-refractivity contribution < 1.29 is 4.79 Å². The molecule has 4 rings (SSSR count). The normalized spacial score (nSPS) is 20.8. The number of carbonyl (C=O) groups is 1. The van der Waals surface area contributed by atoms with Gasteiger partial charge in [0.25, 0.3) is 0 Å². The molecule has 7 heteroatoms. The molecule has 1 N–H and O–H groups in total. The number of aryl methyl sites for hydroxylation is 1. The van der Waals surface area contributed by atoms with E-state index in [1.165, 1.54) is 20.9 Å². The summed E-state index contributed by atoms with van der Waals surface area (Å²) in [7, 11) is 1.65. The van der Waals surface area contributed by atoms with Gasteiger partial charge in [-0.3, -0.25) is 9.79 Å². The van der Waals surface area contributed by atoms with Crippen LogP contribution in [0.15, 0.2) is 39.5 Å². The average molecular weight is 441 g/mol. The monoisotopic (exact) mass is 440 g/mol. The molecule has 3 heterocycles. The second-order valence-electron chi connectivity index (χ2n) is 7.82. The summed E-state index contributed by atoms with van der Waals surface area (Å²) in [5.74, 6) is 0.149. The van der Waals surface area contributed by atoms with Crippen molar-refractivity contribution in [1.29, 1.82) is 0 Å². The van der Waals surface area contributed by atoms with Crippen LogP contribution >= 0.6 is 22.9 Å². The molecule has 1 aromatic heterocycles. The zero-order chi connectivity index (χ0) is 21.4. The van der Waals surface area contributed by atoms with Crippen molar-refractivity contribution in [3.8, 4) is 0 Å². The maximum atomic E-state index is 12.3. The third-order valence-corrected chi connectivity index (χ3v) is 7.51. The second kappa shape index (κ2) is 8.44. The maximum absolute atomic E-state index is 12.3. The van der Waals surface area contributed by atoms with Gasteiger partial charge in [-0.25, -0.2) is 0 Å². The summed E-state index contributed by atoms with van der Waals surface area (Å²) >= 11 is 7.98. The number of thiophene rings is 1. The summed E-state index contributed by atoms with van der Waals surface area (Å²) in [6.07, 6.45) is 1.96. The van der Waals surface area contributed by atoms with Crippen LogP contribution in [0.4, 0.5) is 0 Å². The van der Waals surface area contributed by atoms with E-state index >= 15 is 0 Å². The van der Waals surface area contributed by atoms with Crippen molar-refractivity contribution in [1.82, 2.24) is 5.32 Å². The van der Waals surface area contributed by atoms with Crippen LogP contribution in [-0.4, -0.2) is 36.1 Å². The SMILES string of the molecule is CNC(=O)C[C@@H]1N=C(c2ccc(Cl)cc2)c2c(sc(C)c2C)C2CCC1=NN=C2C. The highest BCUT2D eigenvalue weighted by molar-refractivity contribution is 7.12. The van der Waals surface area contributed by atoms with Gasteiger partial charge in [0.05, 0.1) is 23.9 Å². The maximum Gasteiger partial charge on any atom is 0.222 e. The third-order valence-electron chi connectivity index (χ3n) is 5.94. The van der Waals surface area contributed by atoms with Crippen LogP contribution < -0.4 is 5.32 Å². The first-order valence-electron chi connectivity index (χ1n) is 10.1. The molecule has 2 aromatic rings. The van der Waals surface area contributed by atoms with Gasteiger partial charge in [0.1, 0.15) is 0 Å². The number of benzene rings is 1. The number of halogens is 1. The fraction of sp³-hybridized carbons (Fsp3) is 0.391. The van der Waals surface area contributed by atoms with Gasteiger partial charge < -0.3 is 5.32 Å². The Morgan fingerprint density at radius 1 is 1.20 bits per heavy atom. The number of aliphatic imine (C=N–C) groups is 1. The summed E-state index contributed by atoms with van der Waals surface area (Å²) in [4.78, 5) is 20.0. The van der Waals surface area contributed by atoms with Crippen molar-refractivity contribution >= 4 is 46.0 Å². The van der Waals surface area contributed by atoms with Gasteiger partial charge in [-0.15, -0.1) is 11.3 Å². The molecule has 5 nitrogen and oxygen atoms in total. The van der Waals surface area contributed by atoms with Crippen LogP contribution in [0, 0.1) is 13.8 Å². The molecule has 0 aliphatic carbocycles. The lowest BCUT2D eigenvalue weighted by Gasteiger charge is -2.18. The van der Waals surface area contributed by atoms with Gasteiger partial charge in [-0.05, 0) is 51.3 Å². The van der Waals surface area contributed by atoms with Crippen molar-refractivity contribution in [3.05, 3.63) is 55.7 Å². The quantitative estimate of drug-likeness (QED) is 0.711. The summed E-state index contributed by atoms with van der Waals surface area (Å²) < 4.78 is 0. The zero-order valence-electron chi connectivity index (χ0n) is 17.6. The number of hydrogen-bond acceptors (Lipinski definition) is 5. The molecule has 2 aliphatic rings. The van der Waals surface area contributed by atoms with Crippen LogP contribution in [0.1, 0.15) is 58.5 Å². The van der Waals surface area contributed by atoms with E-state index < -0.39 is 0 Å². The van der Waals surface area contributed by atoms with Crippen molar-refractivity contribution in [2.45, 2.75) is 52.0 Å². The van der Waals surface area contributed by atoms with Crippen molar-refractivity contribution in [2.24, 2.45) is 15.2 Å². The first kappa shape index (κ1) is 20.9. The van der Waals surface area contributed by atoms with E-state index in [-0.39, 0.29) is 24.3 Å². The Balaban J connectivity index is 2.00. The Kier molecular flexibility index (Phi) is 5.89. The molecule has 2 aliphatic heterocycles. The van der Waals surface area contributed by atoms with E-state index in [0.29, 0.717) is 5.02 Å². The fourth-order valence-electron chi connectivity index (χ4n) is 4.07. The third kappa shape index (κ3) is 3.86. The highest BCUT2D eigenvalue weighted by Gasteiger charge is 2.32. The molecule has 0 saturated heterocycles. The predicted octanol–water partition coefficient (Wildman–Crippen LogP) is 5.07. The van der Waals surface area contributed by atoms with Crippen molar-refractivity contribution in [2.75, 3.05) is 7.05 Å². The standard InChI is InChI=1S/C23H25ClN4OS/c1-12-14(3)30-23-17-9-10-18(28-27-13(17)2)19(11-20(29)25-4)26-22(21(12)23)15-5-7-16(24)8-6-15/h5-8,17,19H,9-11H2,1-4H3,(H,25,29)/t17?,19-/m0/s1. The molecule has 156 valence electrons. The van der Waals surface area contributed by atoms with Gasteiger partial charge >= 0.3 is 0 Å². The molecule has 1 aromatic carbocycles. The Morgan fingerprint density at radius 2 is 1.93 bits per heavy atom. The minimum absolute atomic E-state index is 0.0545. The minimum atomic E-state index is -0.350. The molecule has 2 bridgehead atoms. The Hall–Kier alpha value is -2.31. The highest BCUT2D eigenvalue weighted by atomic mass is 35.5. The van der Waals surface area contributed by atoms with Gasteiger partial charge in [0.15, 0.2) is 0 Å². The molecule has 0 spiro atoms. The van der Waals surface area contributed by atoms with Gasteiger partial charge in [-0.1, -0.05) is 23.7 Å². The van der Waals surface area contributed by atoms with E-state index in [9.17, 15) is 4.79 Å². The van der Waals surface area contributed by atoms with Crippen molar-refractivity contribution in [3.63, 3.8) is 0 Å². The summed E-state index contributed by atoms with van der Waals surface area (Å²) in [5.41, 5.74) is 6.20. The van der Waals surface area contributed by atoms with Crippen LogP contribution in [0.2, 0.25) is 5.02 Å². The summed E-state index contributed by atoms with van der Waals surface area (Å²) in [5, 5.41) is 12.5. The fourth-order valence-corrected chi connectivity index (χ4v) is 5.57. The van der Waals surface area contributed by atoms with E-state index in [0.717, 1.165) is 35.5 Å². The van der Waals surface area contributed by atoms with Crippen LogP contribution in [0.25, 0.3) is 0 Å². The Bertz CT molecular complexity index is 1080. The molecule has 0 radical (unpaired) electrons. The first-order chi connectivity index (χ1) is 14.4. The molecule has 0 saturated carbocycles. The van der Waals surface area contributed by atoms with Crippen LogP contribution in [0.5, 0.6) is 0 Å². The molecule has 1 amide bonds. The summed E-state index contributed by atoms with van der Waals surface area (Å²) in [6.45, 7) is 6.37. The van der Waals surface area contributed by atoms with Gasteiger partial charge in [0, 0.05) is 44.6 Å². The smallest absolute Gasteiger partial charge is 0.222 e. The number of nitrogens with one attached hydrogen (secondary N) is 1. The average Bonchev–Trinajstić information content (AvgIpc) is 2.91. The lowest BCUT2D eigenvalue weighted by Crippen LogP contribution is -2.29. The Morgan fingerprint density at radius 3 is 2.63 bits per heavy atom. The van der Waals surface area contributed by atoms with E-state index in [4.69, 9.17) is 16.6 Å². The van der Waals surface area contributed by atoms with E-state index in [1.807, 2.05) is 35.6 Å². The van der Waals surface area contributed by atoms with E-state index in [1.54, 1.807) is 7.05 Å². The second-order valence-corrected chi connectivity index (χ2v) is 9.52. The number of amides is 1. The van der Waals surface area contributed by atoms with Gasteiger partial charge in [0.2, 0.25) is 5.91 Å². The highest BCUT2D eigenvalue weighted by Crippen LogP contribution is 2.40. The first-order valence-corrected chi connectivity index (χ1v) is 11.3. The molecular weight excluding hydrogens is 416 g/mol. The zero-order valence-corrected chi connectivity index (χ0v) is 19.2. The topological polar surface area (TPSA) is 66.2 Å². The molecule has 0 fully saturated rings. The molecule has 2 atom stereocenters. The van der Waals surface area contributed by atoms with Crippen LogP contribution in [0.3, 0.4) is 0 Å². The number of rotatable bonds is 3. The Labute approximate surface area is 186 Å². The lowest BCUT2D eigenvalue weighted by molar-refractivity contribution is -0.120. The number of hydrogen-bond donors (Lipinski definition) is 1. The van der Waals surface area contributed by atoms with Crippen LogP contribution in [-0.2, 0) is 4.79 Å². The largest absolute Gasteiger partial charge is 0.359 e. The lowest BCUT2D eigenvalue weighted by atomic mass is 9.89.